The summed E-state index contributed by atoms with van der Waals surface area (Å²) in [5, 5.41) is -1.25. The second-order valence-electron chi connectivity index (χ2n) is 2.16. The topological polar surface area (TPSA) is 30.0 Å². The highest BCUT2D eigenvalue weighted by molar-refractivity contribution is 6.68. The van der Waals surface area contributed by atoms with Gasteiger partial charge in [-0.15, -0.1) is 0 Å². The maximum atomic E-state index is 12.2. The fourth-order valence-corrected chi connectivity index (χ4v) is 1.21. The van der Waals surface area contributed by atoms with E-state index in [-0.39, 0.29) is 10.6 Å². The van der Waals surface area contributed by atoms with Gasteiger partial charge in [0.2, 0.25) is 0 Å². The van der Waals surface area contributed by atoms with E-state index >= 15 is 0 Å². The first-order valence-corrected chi connectivity index (χ1v) is 3.91. The van der Waals surface area contributed by atoms with Crippen molar-refractivity contribution >= 4 is 28.4 Å². The zero-order chi connectivity index (χ0) is 10.0. The van der Waals surface area contributed by atoms with Crippen molar-refractivity contribution < 1.29 is 13.6 Å². The van der Waals surface area contributed by atoms with Crippen molar-refractivity contribution in [3.8, 4) is 0 Å². The SMILES string of the molecule is O=C(Cl)c1cncc(C(F)F)c1Cl. The molecule has 0 saturated heterocycles. The summed E-state index contributed by atoms with van der Waals surface area (Å²) in [5.41, 5.74) is -0.700. The molecule has 0 saturated carbocycles. The lowest BCUT2D eigenvalue weighted by atomic mass is 10.2. The molecule has 1 aromatic heterocycles. The van der Waals surface area contributed by atoms with Crippen molar-refractivity contribution in [3.05, 3.63) is 28.5 Å². The monoisotopic (exact) mass is 225 g/mol. The maximum absolute atomic E-state index is 12.2. The number of nitrogens with zero attached hydrogens (tertiary/aromatic N) is 1. The third-order valence-electron chi connectivity index (χ3n) is 1.35. The summed E-state index contributed by atoms with van der Waals surface area (Å²) in [7, 11) is 0. The van der Waals surface area contributed by atoms with Gasteiger partial charge in [0.25, 0.3) is 11.7 Å². The molecule has 6 heteroatoms. The van der Waals surface area contributed by atoms with Gasteiger partial charge in [-0.3, -0.25) is 9.78 Å². The number of rotatable bonds is 2. The van der Waals surface area contributed by atoms with E-state index in [4.69, 9.17) is 23.2 Å². The Bertz CT molecular complexity index is 343. The van der Waals surface area contributed by atoms with Gasteiger partial charge in [0.15, 0.2) is 0 Å². The summed E-state index contributed by atoms with van der Waals surface area (Å²) in [6.45, 7) is 0. The molecule has 0 atom stereocenters. The number of pyridine rings is 1. The number of aromatic nitrogens is 1. The molecule has 70 valence electrons. The molecule has 0 unspecified atom stereocenters. The highest BCUT2D eigenvalue weighted by Gasteiger charge is 2.17. The molecule has 0 aromatic carbocycles. The number of carbonyl (C=O) groups is 1. The first-order chi connectivity index (χ1) is 6.04. The van der Waals surface area contributed by atoms with Crippen LogP contribution in [0.2, 0.25) is 5.02 Å². The average molecular weight is 226 g/mol. The Morgan fingerprint density at radius 3 is 2.54 bits per heavy atom. The van der Waals surface area contributed by atoms with E-state index in [1.165, 1.54) is 0 Å². The molecule has 2 nitrogen and oxygen atoms in total. The second-order valence-corrected chi connectivity index (χ2v) is 2.89. The Kier molecular flexibility index (Phi) is 3.17. The first kappa shape index (κ1) is 10.3. The van der Waals surface area contributed by atoms with E-state index < -0.39 is 17.2 Å². The zero-order valence-electron chi connectivity index (χ0n) is 6.10. The number of halogens is 4. The van der Waals surface area contributed by atoms with Gasteiger partial charge in [0.1, 0.15) is 0 Å². The Morgan fingerprint density at radius 2 is 2.08 bits per heavy atom. The molecule has 13 heavy (non-hydrogen) atoms. The van der Waals surface area contributed by atoms with Crippen LogP contribution in [0.15, 0.2) is 12.4 Å². The molecule has 0 bridgehead atoms. The smallest absolute Gasteiger partial charge is 0.266 e. The largest absolute Gasteiger partial charge is 0.275 e. The summed E-state index contributed by atoms with van der Waals surface area (Å²) in [6.07, 6.45) is -0.823. The Balaban J connectivity index is 3.26. The van der Waals surface area contributed by atoms with Crippen LogP contribution in [0.4, 0.5) is 8.78 Å². The fourth-order valence-electron chi connectivity index (χ4n) is 0.750. The van der Waals surface area contributed by atoms with Gasteiger partial charge in [-0.05, 0) is 11.6 Å². The summed E-state index contributed by atoms with van der Waals surface area (Å²) < 4.78 is 24.4. The number of hydrogen-bond acceptors (Lipinski definition) is 2. The molecule has 1 rings (SSSR count). The van der Waals surface area contributed by atoms with Gasteiger partial charge in [-0.1, -0.05) is 11.6 Å². The normalized spacial score (nSPS) is 10.5. The maximum Gasteiger partial charge on any atom is 0.266 e. The van der Waals surface area contributed by atoms with Crippen molar-refractivity contribution in [2.45, 2.75) is 6.43 Å². The van der Waals surface area contributed by atoms with Gasteiger partial charge < -0.3 is 0 Å². The van der Waals surface area contributed by atoms with Gasteiger partial charge in [0, 0.05) is 12.4 Å². The van der Waals surface area contributed by atoms with Crippen molar-refractivity contribution in [2.24, 2.45) is 0 Å². The Labute approximate surface area is 82.5 Å². The van der Waals surface area contributed by atoms with E-state index in [0.29, 0.717) is 0 Å². The summed E-state index contributed by atoms with van der Waals surface area (Å²) >= 11 is 10.6. The quantitative estimate of drug-likeness (QED) is 0.725. The zero-order valence-corrected chi connectivity index (χ0v) is 7.61. The van der Waals surface area contributed by atoms with E-state index in [0.717, 1.165) is 12.4 Å². The predicted molar refractivity (Wildman–Crippen MR) is 44.4 cm³/mol. The van der Waals surface area contributed by atoms with Crippen LogP contribution in [0, 0.1) is 0 Å². The Hall–Kier alpha value is -0.740. The molecule has 0 spiro atoms. The number of carbonyl (C=O) groups excluding carboxylic acids is 1. The molecule has 0 aliphatic carbocycles. The van der Waals surface area contributed by atoms with Gasteiger partial charge in [0.05, 0.1) is 16.1 Å². The Morgan fingerprint density at radius 1 is 1.46 bits per heavy atom. The van der Waals surface area contributed by atoms with E-state index in [2.05, 4.69) is 4.98 Å². The van der Waals surface area contributed by atoms with Gasteiger partial charge in [-0.25, -0.2) is 8.78 Å². The van der Waals surface area contributed by atoms with Crippen molar-refractivity contribution in [3.63, 3.8) is 0 Å². The number of alkyl halides is 2. The van der Waals surface area contributed by atoms with Crippen LogP contribution < -0.4 is 0 Å². The van der Waals surface area contributed by atoms with Crippen LogP contribution in [-0.4, -0.2) is 10.2 Å². The summed E-state index contributed by atoms with van der Waals surface area (Å²) in [6, 6.07) is 0. The van der Waals surface area contributed by atoms with Crippen LogP contribution in [-0.2, 0) is 0 Å². The minimum atomic E-state index is -2.77. The molecule has 0 fully saturated rings. The highest BCUT2D eigenvalue weighted by atomic mass is 35.5. The minimum absolute atomic E-state index is 0.207. The fraction of sp³-hybridized carbons (Fsp3) is 0.143. The molecule has 0 radical (unpaired) electrons. The lowest BCUT2D eigenvalue weighted by Crippen LogP contribution is -1.97. The predicted octanol–water partition coefficient (Wildman–Crippen LogP) is 3.05. The molecular weight excluding hydrogens is 223 g/mol. The first-order valence-electron chi connectivity index (χ1n) is 3.15. The van der Waals surface area contributed by atoms with E-state index in [1.54, 1.807) is 0 Å². The average Bonchev–Trinajstić information content (AvgIpc) is 2.03. The molecule has 1 aromatic rings. The molecule has 0 amide bonds. The third kappa shape index (κ3) is 2.14. The van der Waals surface area contributed by atoms with Crippen LogP contribution >= 0.6 is 23.2 Å². The lowest BCUT2D eigenvalue weighted by molar-refractivity contribution is 0.108. The van der Waals surface area contributed by atoms with Crippen LogP contribution in [0.25, 0.3) is 0 Å². The molecule has 0 aliphatic heterocycles. The molecule has 1 heterocycles. The second kappa shape index (κ2) is 3.98. The number of hydrogen-bond donors (Lipinski definition) is 0. The van der Waals surface area contributed by atoms with Crippen LogP contribution in [0.1, 0.15) is 22.3 Å². The highest BCUT2D eigenvalue weighted by Crippen LogP contribution is 2.29. The van der Waals surface area contributed by atoms with Crippen molar-refractivity contribution in [2.75, 3.05) is 0 Å². The van der Waals surface area contributed by atoms with Gasteiger partial charge >= 0.3 is 0 Å². The van der Waals surface area contributed by atoms with E-state index in [9.17, 15) is 13.6 Å². The molecule has 0 aliphatic rings. The van der Waals surface area contributed by atoms with Crippen LogP contribution in [0.5, 0.6) is 0 Å². The van der Waals surface area contributed by atoms with Crippen molar-refractivity contribution in [1.29, 1.82) is 0 Å². The van der Waals surface area contributed by atoms with Crippen molar-refractivity contribution in [1.82, 2.24) is 4.98 Å². The molecular formula is C7H3Cl2F2NO. The summed E-state index contributed by atoms with van der Waals surface area (Å²) in [4.78, 5) is 14.1. The van der Waals surface area contributed by atoms with Crippen LogP contribution in [0.3, 0.4) is 0 Å². The standard InChI is InChI=1S/C7H3Cl2F2NO/c8-5-3(6(9)13)1-12-2-4(5)7(10)11/h1-2,7H. The molecule has 0 N–H and O–H groups in total. The third-order valence-corrected chi connectivity index (χ3v) is 1.98. The lowest BCUT2D eigenvalue weighted by Gasteiger charge is -2.03. The minimum Gasteiger partial charge on any atom is -0.275 e. The van der Waals surface area contributed by atoms with E-state index in [1.807, 2.05) is 0 Å². The van der Waals surface area contributed by atoms with Gasteiger partial charge in [-0.2, -0.15) is 0 Å². The summed E-state index contributed by atoms with van der Waals surface area (Å²) in [5.74, 6) is 0.